The molecule has 4 aromatic carbocycles. The van der Waals surface area contributed by atoms with Gasteiger partial charge in [0.15, 0.2) is 12.4 Å². The number of Topliss-reactive ketones (excluding diaryl/α,β-unsaturated/α-hetero) is 1. The molecule has 0 spiro atoms. The molecule has 0 saturated carbocycles. The number of nitrogens with one attached hydrogen (secondary N) is 4. The van der Waals surface area contributed by atoms with Gasteiger partial charge in [0.1, 0.15) is 42.3 Å². The summed E-state index contributed by atoms with van der Waals surface area (Å²) in [6.07, 6.45) is 1.07. The second kappa shape index (κ2) is 23.4. The minimum Gasteiger partial charge on any atom is -0.507 e. The average Bonchev–Trinajstić information content (AvgIpc) is 3.29. The molecule has 4 aromatic rings. The Morgan fingerprint density at radius 2 is 1.55 bits per heavy atom. The lowest BCUT2D eigenvalue weighted by Gasteiger charge is -2.32. The molecule has 0 unspecified atom stereocenters. The molecule has 1 heterocycles. The number of carbonyl (C=O) groups excluding carboxylic acids is 7. The number of nitrogens with zero attached hydrogens (tertiary/aromatic N) is 1. The Bertz CT molecular complexity index is 2410. The van der Waals surface area contributed by atoms with E-state index < -0.39 is 78.1 Å². The number of carbonyl (C=O) groups is 7. The lowest BCUT2D eigenvalue weighted by molar-refractivity contribution is -0.146. The van der Waals surface area contributed by atoms with Gasteiger partial charge in [-0.15, -0.1) is 0 Å². The Hall–Kier alpha value is -6.82. The van der Waals surface area contributed by atoms with Crippen LogP contribution in [0.1, 0.15) is 67.6 Å². The number of hydrogen-bond donors (Lipinski definition) is 7. The van der Waals surface area contributed by atoms with Crippen molar-refractivity contribution in [3.05, 3.63) is 107 Å². The van der Waals surface area contributed by atoms with E-state index in [0.29, 0.717) is 41.3 Å². The van der Waals surface area contributed by atoms with Crippen molar-refractivity contribution in [3.8, 4) is 33.8 Å². The summed E-state index contributed by atoms with van der Waals surface area (Å²) >= 11 is 6.06. The molecule has 0 radical (unpaired) electrons. The second-order valence-corrected chi connectivity index (χ2v) is 16.4. The van der Waals surface area contributed by atoms with E-state index >= 15 is 0 Å². The van der Waals surface area contributed by atoms with Crippen molar-refractivity contribution in [1.29, 1.82) is 0 Å². The van der Waals surface area contributed by atoms with Crippen molar-refractivity contribution in [1.82, 2.24) is 26.2 Å². The molecule has 18 heteroatoms. The molecule has 1 aliphatic heterocycles. The van der Waals surface area contributed by atoms with Gasteiger partial charge in [0.2, 0.25) is 23.6 Å². The van der Waals surface area contributed by atoms with Crippen LogP contribution in [0.2, 0.25) is 5.02 Å². The smallest absolute Gasteiger partial charge is 0.303 e. The van der Waals surface area contributed by atoms with E-state index in [-0.39, 0.29) is 48.4 Å². The van der Waals surface area contributed by atoms with Gasteiger partial charge >= 0.3 is 5.97 Å². The van der Waals surface area contributed by atoms with E-state index in [1.165, 1.54) is 44.0 Å². The third kappa shape index (κ3) is 13.1. The molecule has 0 fully saturated rings. The number of aromatic hydroxyl groups is 1. The van der Waals surface area contributed by atoms with Crippen LogP contribution in [0.25, 0.3) is 22.3 Å². The molecule has 4 bridgehead atoms. The summed E-state index contributed by atoms with van der Waals surface area (Å²) in [4.78, 5) is 95.8. The Kier molecular flexibility index (Phi) is 17.8. The predicted octanol–water partition coefficient (Wildman–Crippen LogP) is 3.33. The highest BCUT2D eigenvalue weighted by molar-refractivity contribution is 6.30. The summed E-state index contributed by atoms with van der Waals surface area (Å²) in [6.45, 7) is 3.95. The van der Waals surface area contributed by atoms with Gasteiger partial charge in [-0.2, -0.15) is 0 Å². The highest BCUT2D eigenvalue weighted by atomic mass is 35.5. The lowest BCUT2D eigenvalue weighted by atomic mass is 9.93. The Balaban J connectivity index is 1.52. The minimum atomic E-state index is -1.44. The number of halogens is 1. The molecule has 350 valence electrons. The molecular weight excluding hydrogens is 870 g/mol. The van der Waals surface area contributed by atoms with E-state index in [0.717, 1.165) is 18.1 Å². The number of ether oxygens (including phenoxy) is 2. The van der Waals surface area contributed by atoms with E-state index in [9.17, 15) is 38.7 Å². The second-order valence-electron chi connectivity index (χ2n) is 16.0. The molecular formula is C48H56ClN7O10. The fourth-order valence-corrected chi connectivity index (χ4v) is 7.44. The molecule has 0 aliphatic carbocycles. The zero-order valence-corrected chi connectivity index (χ0v) is 38.0. The Labute approximate surface area is 387 Å². The number of nitrogens with two attached hydrogens (primary N) is 2. The third-order valence-electron chi connectivity index (χ3n) is 11.0. The van der Waals surface area contributed by atoms with Crippen molar-refractivity contribution >= 4 is 52.9 Å². The van der Waals surface area contributed by atoms with E-state index in [1.54, 1.807) is 54.6 Å². The van der Waals surface area contributed by atoms with Gasteiger partial charge in [-0.3, -0.25) is 33.6 Å². The SMILES string of the molecule is CC(=O)OCC(=O)[C@H](C)NC(=O)[C@@H]1Cc2ccc(OCCN)c(c2)-c2cc(ccc2O)[C@H](N(C)C(=O)[C@H](CCCCN)NC(=O)c2ccc(-c3ccc(Cl)cc3)cc2)C(=O)N[C@@H](C)C(=O)N1. The van der Waals surface area contributed by atoms with Crippen molar-refractivity contribution in [2.75, 3.05) is 33.4 Å². The zero-order valence-electron chi connectivity index (χ0n) is 37.2. The molecule has 5 rings (SSSR count). The van der Waals surface area contributed by atoms with Gasteiger partial charge in [-0.1, -0.05) is 48.0 Å². The highest BCUT2D eigenvalue weighted by Gasteiger charge is 2.36. The number of unbranched alkanes of at least 4 members (excludes halogenated alkanes) is 1. The first kappa shape index (κ1) is 50.2. The van der Waals surface area contributed by atoms with Crippen molar-refractivity contribution < 1.29 is 48.1 Å². The van der Waals surface area contributed by atoms with Crippen LogP contribution in [0, 0.1) is 0 Å². The number of likely N-dealkylation sites (N-methyl/N-ethyl adjacent to an activating group) is 1. The number of amides is 5. The summed E-state index contributed by atoms with van der Waals surface area (Å²) in [6, 6.07) is 17.1. The van der Waals surface area contributed by atoms with Crippen molar-refractivity contribution in [2.24, 2.45) is 11.5 Å². The average molecular weight is 926 g/mol. The van der Waals surface area contributed by atoms with Gasteiger partial charge < -0.3 is 52.2 Å². The van der Waals surface area contributed by atoms with Crippen molar-refractivity contribution in [3.63, 3.8) is 0 Å². The summed E-state index contributed by atoms with van der Waals surface area (Å²) in [5, 5.41) is 22.7. The van der Waals surface area contributed by atoms with Crippen LogP contribution >= 0.6 is 11.6 Å². The molecule has 0 saturated heterocycles. The maximum Gasteiger partial charge on any atom is 0.303 e. The Morgan fingerprint density at radius 3 is 2.20 bits per heavy atom. The standard InChI is InChI=1S/C48H56ClN7O10/c1-27(41(59)26-66-29(3)57)52-46(62)39-24-30-8-19-42(65-22-21-51)37(23-30)36-25-34(15-18-40(36)58)43(47(63)53-28(2)44(60)55-39)56(4)48(64)38(7-5-6-20-50)54-45(61)33-11-9-31(10-12-33)32-13-16-35(49)17-14-32/h8-19,23,25,27-28,38-39,43,58H,5-7,20-22,24,26,50-51H2,1-4H3,(H,52,62)(H,53,63)(H,54,61)(H,55,60)/t27-,28-,38-,39-,43-/m0/s1. The minimum absolute atomic E-state index is 0.0943. The fraction of sp³-hybridized carbons (Fsp3) is 0.354. The number of phenols is 1. The first-order chi connectivity index (χ1) is 31.5. The monoisotopic (exact) mass is 925 g/mol. The van der Waals surface area contributed by atoms with Gasteiger partial charge in [-0.05, 0) is 110 Å². The predicted molar refractivity (Wildman–Crippen MR) is 247 cm³/mol. The maximum atomic E-state index is 14.7. The van der Waals surface area contributed by atoms with Gasteiger partial charge in [-0.25, -0.2) is 0 Å². The largest absolute Gasteiger partial charge is 0.507 e. The number of esters is 1. The molecule has 0 aromatic heterocycles. The van der Waals surface area contributed by atoms with Crippen LogP contribution in [-0.2, 0) is 39.9 Å². The summed E-state index contributed by atoms with van der Waals surface area (Å²) in [5.74, 6) is -4.67. The Morgan fingerprint density at radius 1 is 0.864 bits per heavy atom. The van der Waals surface area contributed by atoms with Crippen LogP contribution in [0.15, 0.2) is 84.9 Å². The molecule has 9 N–H and O–H groups in total. The number of phenolic OH excluding ortho intramolecular Hbond substituents is 1. The van der Waals surface area contributed by atoms with Gasteiger partial charge in [0.25, 0.3) is 5.91 Å². The highest BCUT2D eigenvalue weighted by Crippen LogP contribution is 2.39. The number of benzene rings is 4. The molecule has 66 heavy (non-hydrogen) atoms. The van der Waals surface area contributed by atoms with Crippen LogP contribution in [0.3, 0.4) is 0 Å². The number of fused-ring (bicyclic) bond motifs is 5. The third-order valence-corrected chi connectivity index (χ3v) is 11.2. The fourth-order valence-electron chi connectivity index (χ4n) is 7.31. The summed E-state index contributed by atoms with van der Waals surface area (Å²) in [7, 11) is 1.40. The van der Waals surface area contributed by atoms with Crippen LogP contribution in [-0.4, -0.2) is 109 Å². The lowest BCUT2D eigenvalue weighted by Crippen LogP contribution is -2.57. The first-order valence-electron chi connectivity index (χ1n) is 21.5. The normalized spacial score (nSPS) is 16.9. The number of hydrogen-bond acceptors (Lipinski definition) is 12. The summed E-state index contributed by atoms with van der Waals surface area (Å²) in [5.41, 5.74) is 14.9. The van der Waals surface area contributed by atoms with E-state index in [2.05, 4.69) is 21.3 Å². The molecule has 5 amide bonds. The zero-order chi connectivity index (χ0) is 48.1. The van der Waals surface area contributed by atoms with Crippen molar-refractivity contribution in [2.45, 2.75) is 76.7 Å². The van der Waals surface area contributed by atoms with E-state index in [1.807, 2.05) is 12.1 Å². The van der Waals surface area contributed by atoms with E-state index in [4.69, 9.17) is 32.5 Å². The van der Waals surface area contributed by atoms with Crippen LogP contribution < -0.4 is 37.5 Å². The number of rotatable bonds is 17. The van der Waals surface area contributed by atoms with Gasteiger partial charge in [0.05, 0.1) is 6.04 Å². The van der Waals surface area contributed by atoms with Gasteiger partial charge in [0, 0.05) is 48.6 Å². The van der Waals surface area contributed by atoms with Crippen LogP contribution in [0.4, 0.5) is 0 Å². The number of ketones is 1. The molecule has 5 atom stereocenters. The molecule has 17 nitrogen and oxygen atoms in total. The topological polar surface area (TPSA) is 262 Å². The quantitative estimate of drug-likeness (QED) is 0.0595. The molecule has 1 aliphatic rings. The van der Waals surface area contributed by atoms with Crippen LogP contribution in [0.5, 0.6) is 11.5 Å². The first-order valence-corrected chi connectivity index (χ1v) is 21.9. The maximum absolute atomic E-state index is 14.7. The summed E-state index contributed by atoms with van der Waals surface area (Å²) < 4.78 is 10.8.